The summed E-state index contributed by atoms with van der Waals surface area (Å²) in [6.45, 7) is 1.89. The summed E-state index contributed by atoms with van der Waals surface area (Å²) in [5.74, 6) is -5.05. The standard InChI is InChI=1S/C24H21ClN4O6/c1-2-35-22(33)11-3-6-13(7-4-11)29-20(31)18-16(10-17(26)30)28-24(19(18)21(29)32)14-9-12(25)5-8-15(14)27-23(24)34/h3-9,16,18-19,28H,2,10H2,1H3,(H2,26,30)(H,27,34)/t16-,18+,19-,24-/m0/s1. The summed E-state index contributed by atoms with van der Waals surface area (Å²) in [6.07, 6.45) is -0.249. The fourth-order valence-corrected chi connectivity index (χ4v) is 5.55. The molecule has 2 aromatic carbocycles. The second-order valence-electron chi connectivity index (χ2n) is 8.66. The summed E-state index contributed by atoms with van der Waals surface area (Å²) in [4.78, 5) is 65.6. The van der Waals surface area contributed by atoms with E-state index >= 15 is 0 Å². The number of nitrogens with zero attached hydrogens (tertiary/aromatic N) is 1. The number of fused-ring (bicyclic) bond motifs is 4. The number of hydrogen-bond acceptors (Lipinski definition) is 7. The number of nitrogens with one attached hydrogen (secondary N) is 2. The number of hydrogen-bond donors (Lipinski definition) is 3. The highest BCUT2D eigenvalue weighted by Gasteiger charge is 2.70. The van der Waals surface area contributed by atoms with E-state index in [0.29, 0.717) is 16.3 Å². The van der Waals surface area contributed by atoms with Gasteiger partial charge in [-0.05, 0) is 49.4 Å². The number of ether oxygens (including phenoxy) is 1. The molecule has 2 saturated heterocycles. The average molecular weight is 497 g/mol. The third kappa shape index (κ3) is 3.32. The molecule has 0 aromatic heterocycles. The van der Waals surface area contributed by atoms with Gasteiger partial charge in [-0.15, -0.1) is 0 Å². The van der Waals surface area contributed by atoms with Crippen LogP contribution in [0.15, 0.2) is 42.5 Å². The van der Waals surface area contributed by atoms with E-state index in [-0.39, 0.29) is 24.3 Å². The van der Waals surface area contributed by atoms with Gasteiger partial charge in [-0.25, -0.2) is 9.69 Å². The molecule has 35 heavy (non-hydrogen) atoms. The van der Waals surface area contributed by atoms with E-state index in [2.05, 4.69) is 10.6 Å². The van der Waals surface area contributed by atoms with Crippen molar-refractivity contribution in [3.63, 3.8) is 0 Å². The first-order valence-corrected chi connectivity index (χ1v) is 11.4. The SMILES string of the molecule is CCOC(=O)c1ccc(N2C(=O)[C@@H]3[C@H](CC(N)=O)N[C@]4(C(=O)Nc5ccc(Cl)cc54)[C@@H]3C2=O)cc1. The lowest BCUT2D eigenvalue weighted by Gasteiger charge is -2.29. The second kappa shape index (κ2) is 8.17. The van der Waals surface area contributed by atoms with Gasteiger partial charge in [0.25, 0.3) is 0 Å². The molecule has 0 aliphatic carbocycles. The lowest BCUT2D eigenvalue weighted by atomic mass is 9.76. The van der Waals surface area contributed by atoms with Crippen LogP contribution >= 0.6 is 11.6 Å². The van der Waals surface area contributed by atoms with E-state index < -0.39 is 53.0 Å². The van der Waals surface area contributed by atoms with Crippen LogP contribution in [0.3, 0.4) is 0 Å². The molecule has 0 radical (unpaired) electrons. The first-order valence-electron chi connectivity index (χ1n) is 11.0. The Kier molecular flexibility index (Phi) is 5.37. The molecular formula is C24H21ClN4O6. The number of primary amides is 1. The van der Waals surface area contributed by atoms with E-state index in [1.165, 1.54) is 24.3 Å². The number of carbonyl (C=O) groups excluding carboxylic acids is 5. The Morgan fingerprint density at radius 2 is 1.83 bits per heavy atom. The summed E-state index contributed by atoms with van der Waals surface area (Å²) in [7, 11) is 0. The Labute approximate surface area is 204 Å². The maximum atomic E-state index is 13.8. The molecule has 180 valence electrons. The molecule has 11 heteroatoms. The highest BCUT2D eigenvalue weighted by molar-refractivity contribution is 6.31. The molecule has 3 heterocycles. The molecule has 2 aromatic rings. The zero-order valence-electron chi connectivity index (χ0n) is 18.5. The monoisotopic (exact) mass is 496 g/mol. The topological polar surface area (TPSA) is 148 Å². The maximum Gasteiger partial charge on any atom is 0.338 e. The molecule has 4 atom stereocenters. The number of nitrogens with two attached hydrogens (primary N) is 1. The van der Waals surface area contributed by atoms with Gasteiger partial charge >= 0.3 is 5.97 Å². The summed E-state index contributed by atoms with van der Waals surface area (Å²) >= 11 is 6.21. The number of amides is 4. The van der Waals surface area contributed by atoms with Gasteiger partial charge in [-0.3, -0.25) is 24.5 Å². The molecule has 1 spiro atoms. The summed E-state index contributed by atoms with van der Waals surface area (Å²) < 4.78 is 4.97. The van der Waals surface area contributed by atoms with Gasteiger partial charge in [0.05, 0.1) is 29.7 Å². The van der Waals surface area contributed by atoms with Crippen LogP contribution in [0.25, 0.3) is 0 Å². The molecule has 10 nitrogen and oxygen atoms in total. The quantitative estimate of drug-likeness (QED) is 0.417. The van der Waals surface area contributed by atoms with Gasteiger partial charge in [0.15, 0.2) is 0 Å². The second-order valence-corrected chi connectivity index (χ2v) is 9.09. The van der Waals surface area contributed by atoms with Gasteiger partial charge in [0, 0.05) is 28.7 Å². The van der Waals surface area contributed by atoms with Gasteiger partial charge in [0.2, 0.25) is 23.6 Å². The van der Waals surface area contributed by atoms with Gasteiger partial charge in [-0.2, -0.15) is 0 Å². The van der Waals surface area contributed by atoms with Crippen molar-refractivity contribution < 1.29 is 28.7 Å². The Hall–Kier alpha value is -3.76. The Balaban J connectivity index is 1.59. The van der Waals surface area contributed by atoms with Crippen molar-refractivity contribution in [2.75, 3.05) is 16.8 Å². The molecule has 3 aliphatic rings. The first kappa shape index (κ1) is 23.0. The third-order valence-corrected chi connectivity index (χ3v) is 6.97. The van der Waals surface area contributed by atoms with E-state index in [0.717, 1.165) is 4.90 Å². The lowest BCUT2D eigenvalue weighted by molar-refractivity contribution is -0.130. The van der Waals surface area contributed by atoms with Crippen LogP contribution in [0, 0.1) is 11.8 Å². The van der Waals surface area contributed by atoms with Gasteiger partial charge in [-0.1, -0.05) is 11.6 Å². The number of benzene rings is 2. The van der Waals surface area contributed by atoms with Crippen LogP contribution in [0.4, 0.5) is 11.4 Å². The van der Waals surface area contributed by atoms with Crippen LogP contribution in [-0.4, -0.2) is 42.2 Å². The van der Waals surface area contributed by atoms with Gasteiger partial charge in [0.1, 0.15) is 5.54 Å². The van der Waals surface area contributed by atoms with Crippen molar-refractivity contribution >= 4 is 52.6 Å². The summed E-state index contributed by atoms with van der Waals surface area (Å²) in [5, 5.41) is 6.21. The van der Waals surface area contributed by atoms with Crippen LogP contribution in [-0.2, 0) is 29.5 Å². The number of halogens is 1. The number of carbonyl (C=O) groups is 5. The van der Waals surface area contributed by atoms with E-state index in [9.17, 15) is 24.0 Å². The predicted molar refractivity (Wildman–Crippen MR) is 124 cm³/mol. The molecule has 4 amide bonds. The summed E-state index contributed by atoms with van der Waals surface area (Å²) in [5.41, 5.74) is 5.22. The van der Waals surface area contributed by atoms with Crippen molar-refractivity contribution in [3.05, 3.63) is 58.6 Å². The Morgan fingerprint density at radius 3 is 2.49 bits per heavy atom. The first-order chi connectivity index (χ1) is 16.7. The molecule has 0 saturated carbocycles. The third-order valence-electron chi connectivity index (χ3n) is 6.73. The molecule has 3 aliphatic heterocycles. The lowest BCUT2D eigenvalue weighted by Crippen LogP contribution is -2.53. The minimum absolute atomic E-state index is 0.205. The molecular weight excluding hydrogens is 476 g/mol. The summed E-state index contributed by atoms with van der Waals surface area (Å²) in [6, 6.07) is 9.77. The normalized spacial score (nSPS) is 26.6. The van der Waals surface area contributed by atoms with Crippen molar-refractivity contribution in [1.29, 1.82) is 0 Å². The van der Waals surface area contributed by atoms with Crippen LogP contribution < -0.4 is 21.3 Å². The molecule has 0 unspecified atom stereocenters. The van der Waals surface area contributed by atoms with Crippen molar-refractivity contribution in [2.24, 2.45) is 17.6 Å². The van der Waals surface area contributed by atoms with Crippen LogP contribution in [0.1, 0.15) is 29.3 Å². The smallest absolute Gasteiger partial charge is 0.338 e. The highest BCUT2D eigenvalue weighted by atomic mass is 35.5. The minimum Gasteiger partial charge on any atom is -0.462 e. The fourth-order valence-electron chi connectivity index (χ4n) is 5.38. The average Bonchev–Trinajstić information content (AvgIpc) is 3.38. The number of rotatable bonds is 5. The number of anilines is 2. The fraction of sp³-hybridized carbons (Fsp3) is 0.292. The highest BCUT2D eigenvalue weighted by Crippen LogP contribution is 2.54. The number of esters is 1. The predicted octanol–water partition coefficient (Wildman–Crippen LogP) is 1.32. The zero-order valence-corrected chi connectivity index (χ0v) is 19.3. The van der Waals surface area contributed by atoms with Crippen LogP contribution in [0.2, 0.25) is 5.02 Å². The van der Waals surface area contributed by atoms with E-state index in [1.807, 2.05) is 0 Å². The van der Waals surface area contributed by atoms with E-state index in [1.54, 1.807) is 25.1 Å². The number of imide groups is 1. The molecule has 5 rings (SSSR count). The maximum absolute atomic E-state index is 13.8. The molecule has 4 N–H and O–H groups in total. The Bertz CT molecular complexity index is 1300. The van der Waals surface area contributed by atoms with Crippen molar-refractivity contribution in [3.8, 4) is 0 Å². The van der Waals surface area contributed by atoms with Crippen molar-refractivity contribution in [1.82, 2.24) is 5.32 Å². The van der Waals surface area contributed by atoms with Gasteiger partial charge < -0.3 is 15.8 Å². The Morgan fingerprint density at radius 1 is 1.11 bits per heavy atom. The largest absolute Gasteiger partial charge is 0.462 e. The van der Waals surface area contributed by atoms with Crippen molar-refractivity contribution in [2.45, 2.75) is 24.9 Å². The zero-order chi connectivity index (χ0) is 25.1. The molecule has 2 fully saturated rings. The minimum atomic E-state index is -1.60. The molecule has 0 bridgehead atoms. The van der Waals surface area contributed by atoms with E-state index in [4.69, 9.17) is 22.1 Å². The van der Waals surface area contributed by atoms with Crippen LogP contribution in [0.5, 0.6) is 0 Å².